The van der Waals surface area contributed by atoms with Crippen LogP contribution < -0.4 is 4.90 Å². The Kier molecular flexibility index (Phi) is 13.4. The normalized spacial score (nSPS) is 16.1. The van der Waals surface area contributed by atoms with Crippen LogP contribution >= 0.6 is 0 Å². The monoisotopic (exact) mass is 620 g/mol. The molecule has 0 spiro atoms. The zero-order chi connectivity index (χ0) is 32.6. The second-order valence-electron chi connectivity index (χ2n) is 13.1. The minimum Gasteiger partial charge on any atom is -0.369 e. The van der Waals surface area contributed by atoms with Gasteiger partial charge in [0.15, 0.2) is 0 Å². The Morgan fingerprint density at radius 2 is 1.63 bits per heavy atom. The molecular formula is C42H60N4. The van der Waals surface area contributed by atoms with Gasteiger partial charge >= 0.3 is 0 Å². The molecule has 0 radical (unpaired) electrons. The van der Waals surface area contributed by atoms with Gasteiger partial charge in [0.1, 0.15) is 5.65 Å². The summed E-state index contributed by atoms with van der Waals surface area (Å²) in [5.74, 6) is 0. The summed E-state index contributed by atoms with van der Waals surface area (Å²) in [4.78, 5) is 13.1. The first-order valence-corrected chi connectivity index (χ1v) is 17.2. The number of pyridine rings is 1. The molecule has 1 aliphatic heterocycles. The molecule has 4 nitrogen and oxygen atoms in total. The second-order valence-corrected chi connectivity index (χ2v) is 13.1. The van der Waals surface area contributed by atoms with Gasteiger partial charge in [0.25, 0.3) is 0 Å². The summed E-state index contributed by atoms with van der Waals surface area (Å²) < 4.78 is 0. The fourth-order valence-corrected chi connectivity index (χ4v) is 6.64. The highest BCUT2D eigenvalue weighted by Gasteiger charge is 2.29. The number of H-pyrrole nitrogens is 1. The van der Waals surface area contributed by atoms with E-state index < -0.39 is 0 Å². The molecular weight excluding hydrogens is 560 g/mol. The Hall–Kier alpha value is -3.63. The molecule has 2 aromatic heterocycles. The van der Waals surface area contributed by atoms with Crippen LogP contribution in [0, 0.1) is 12.3 Å². The topological polar surface area (TPSA) is 35.2 Å². The van der Waals surface area contributed by atoms with Crippen LogP contribution in [0.5, 0.6) is 0 Å². The van der Waals surface area contributed by atoms with Crippen molar-refractivity contribution in [3.63, 3.8) is 0 Å². The van der Waals surface area contributed by atoms with Crippen LogP contribution in [0.15, 0.2) is 79.1 Å². The highest BCUT2D eigenvalue weighted by molar-refractivity contribution is 5.76. The number of aromatic amines is 1. The van der Waals surface area contributed by atoms with E-state index in [1.54, 1.807) is 11.1 Å². The molecule has 1 N–H and O–H groups in total. The summed E-state index contributed by atoms with van der Waals surface area (Å²) >= 11 is 0. The third-order valence-corrected chi connectivity index (χ3v) is 9.14. The number of fused-ring (bicyclic) bond motifs is 1. The molecule has 248 valence electrons. The summed E-state index contributed by atoms with van der Waals surface area (Å²) in [5, 5.41) is 1.16. The van der Waals surface area contributed by atoms with Crippen molar-refractivity contribution in [2.45, 2.75) is 88.5 Å². The molecule has 2 aliphatic rings. The van der Waals surface area contributed by atoms with Crippen LogP contribution in [0.4, 0.5) is 5.69 Å². The first-order valence-electron chi connectivity index (χ1n) is 17.2. The van der Waals surface area contributed by atoms with Gasteiger partial charge in [0.2, 0.25) is 0 Å². The van der Waals surface area contributed by atoms with Gasteiger partial charge in [-0.05, 0) is 97.0 Å². The van der Waals surface area contributed by atoms with E-state index in [0.29, 0.717) is 5.41 Å². The molecule has 4 heteroatoms. The van der Waals surface area contributed by atoms with E-state index in [4.69, 9.17) is 0 Å². The summed E-state index contributed by atoms with van der Waals surface area (Å²) in [7, 11) is 0. The van der Waals surface area contributed by atoms with E-state index >= 15 is 0 Å². The van der Waals surface area contributed by atoms with Gasteiger partial charge in [-0.1, -0.05) is 103 Å². The minimum absolute atomic E-state index is 0. The fourth-order valence-electron chi connectivity index (χ4n) is 6.64. The summed E-state index contributed by atoms with van der Waals surface area (Å²) in [6, 6.07) is 20.5. The predicted octanol–water partition coefficient (Wildman–Crippen LogP) is 11.0. The van der Waals surface area contributed by atoms with E-state index in [1.165, 1.54) is 52.8 Å². The largest absolute Gasteiger partial charge is 0.369 e. The molecule has 4 aromatic rings. The zero-order valence-electron chi connectivity index (χ0n) is 29.3. The highest BCUT2D eigenvalue weighted by Crippen LogP contribution is 2.43. The predicted molar refractivity (Wildman–Crippen MR) is 204 cm³/mol. The van der Waals surface area contributed by atoms with Gasteiger partial charge in [-0.3, -0.25) is 4.90 Å². The number of aromatic nitrogens is 2. The molecule has 0 bridgehead atoms. The van der Waals surface area contributed by atoms with Crippen LogP contribution in [0.25, 0.3) is 22.2 Å². The number of nitrogens with zero attached hydrogens (tertiary/aromatic N) is 3. The number of hydrogen-bond acceptors (Lipinski definition) is 3. The van der Waals surface area contributed by atoms with Gasteiger partial charge in [-0.15, -0.1) is 0 Å². The average Bonchev–Trinajstić information content (AvgIpc) is 3.52. The summed E-state index contributed by atoms with van der Waals surface area (Å²) in [6.07, 6.45) is 8.48. The van der Waals surface area contributed by atoms with E-state index in [1.807, 2.05) is 40.1 Å². The Morgan fingerprint density at radius 1 is 0.935 bits per heavy atom. The van der Waals surface area contributed by atoms with Crippen LogP contribution in [0.1, 0.15) is 103 Å². The third-order valence-electron chi connectivity index (χ3n) is 9.14. The standard InChI is InChI=1S/C37H44N4.2C2H6.CH4/c1-26(2)34-11-10-33(22-32(34)21-28-20-30-13-15-38-36(30)39-24-28)41-18-16-40(17-19-41)25-31-12-14-37(4,5)23-35(31)29-8-6-27(3)7-9-29;2*1-2;/h6-11,13,15,20,22,24H,1,12,14,16-19,21,23,25H2,2-5H3,(H,38,39);2*1-2H3;1H4. The number of benzene rings is 2. The van der Waals surface area contributed by atoms with Gasteiger partial charge in [0, 0.05) is 56.2 Å². The maximum Gasteiger partial charge on any atom is 0.137 e. The molecule has 2 aromatic carbocycles. The molecule has 0 unspecified atom stereocenters. The maximum atomic E-state index is 4.62. The molecule has 0 atom stereocenters. The summed E-state index contributed by atoms with van der Waals surface area (Å²) in [5.41, 5.74) is 13.6. The highest BCUT2D eigenvalue weighted by atomic mass is 15.3. The number of piperazine rings is 1. The minimum atomic E-state index is 0. The maximum absolute atomic E-state index is 4.62. The Bertz CT molecular complexity index is 1580. The van der Waals surface area contributed by atoms with Crippen LogP contribution in [-0.4, -0.2) is 47.6 Å². The van der Waals surface area contributed by atoms with Gasteiger partial charge in [-0.2, -0.15) is 0 Å². The van der Waals surface area contributed by atoms with Gasteiger partial charge < -0.3 is 9.88 Å². The molecule has 46 heavy (non-hydrogen) atoms. The number of anilines is 1. The molecule has 1 saturated heterocycles. The number of nitrogens with one attached hydrogen (secondary N) is 1. The number of allylic oxidation sites excluding steroid dienone is 2. The van der Waals surface area contributed by atoms with Crippen molar-refractivity contribution >= 4 is 27.9 Å². The first kappa shape index (κ1) is 36.8. The van der Waals surface area contributed by atoms with Crippen molar-refractivity contribution in [1.82, 2.24) is 14.9 Å². The van der Waals surface area contributed by atoms with Crippen molar-refractivity contribution < 1.29 is 0 Å². The van der Waals surface area contributed by atoms with E-state index in [9.17, 15) is 0 Å². The van der Waals surface area contributed by atoms with Crippen LogP contribution in [0.2, 0.25) is 0 Å². The van der Waals surface area contributed by atoms with Crippen molar-refractivity contribution in [3.8, 4) is 0 Å². The SMILES string of the molecule is C.C=C(C)c1ccc(N2CCN(CC3=C(c4ccc(C)cc4)CC(C)(C)CC3)CC2)cc1Cc1cnc2[nH]ccc2c1.CC.CC. The molecule has 1 fully saturated rings. The van der Waals surface area contributed by atoms with Crippen molar-refractivity contribution in [3.05, 3.63) is 107 Å². The van der Waals surface area contributed by atoms with E-state index in [-0.39, 0.29) is 7.43 Å². The number of aryl methyl sites for hydroxylation is 1. The fraction of sp³-hybridized carbons (Fsp3) is 0.452. The van der Waals surface area contributed by atoms with Crippen LogP contribution in [-0.2, 0) is 6.42 Å². The van der Waals surface area contributed by atoms with Crippen LogP contribution in [0.3, 0.4) is 0 Å². The average molecular weight is 621 g/mol. The Balaban J connectivity index is 0.00000111. The quantitative estimate of drug-likeness (QED) is 0.223. The Labute approximate surface area is 280 Å². The smallest absolute Gasteiger partial charge is 0.137 e. The molecule has 3 heterocycles. The Morgan fingerprint density at radius 3 is 2.30 bits per heavy atom. The lowest BCUT2D eigenvalue weighted by Gasteiger charge is -2.39. The molecule has 1 aliphatic carbocycles. The number of rotatable bonds is 7. The molecule has 0 saturated carbocycles. The lowest BCUT2D eigenvalue weighted by molar-refractivity contribution is 0.264. The van der Waals surface area contributed by atoms with Gasteiger partial charge in [0.05, 0.1) is 0 Å². The first-order chi connectivity index (χ1) is 21.7. The van der Waals surface area contributed by atoms with Crippen molar-refractivity contribution in [1.29, 1.82) is 0 Å². The number of hydrogen-bond donors (Lipinski definition) is 1. The van der Waals surface area contributed by atoms with E-state index in [0.717, 1.165) is 55.8 Å². The molecule has 6 rings (SSSR count). The van der Waals surface area contributed by atoms with Crippen molar-refractivity contribution in [2.24, 2.45) is 5.41 Å². The second kappa shape index (κ2) is 16.8. The molecule has 0 amide bonds. The third kappa shape index (κ3) is 9.00. The summed E-state index contributed by atoms with van der Waals surface area (Å²) in [6.45, 7) is 26.8. The van der Waals surface area contributed by atoms with E-state index in [2.05, 4.69) is 109 Å². The lowest BCUT2D eigenvalue weighted by atomic mass is 9.72. The zero-order valence-corrected chi connectivity index (χ0v) is 29.3. The van der Waals surface area contributed by atoms with Gasteiger partial charge in [-0.25, -0.2) is 4.98 Å². The lowest BCUT2D eigenvalue weighted by Crippen LogP contribution is -2.47. The van der Waals surface area contributed by atoms with Crippen molar-refractivity contribution in [2.75, 3.05) is 37.6 Å².